The minimum atomic E-state index is -0.710. The molecule has 0 bridgehead atoms. The molecule has 1 atom stereocenters. The molecule has 1 rings (SSSR count). The van der Waals surface area contributed by atoms with Crippen molar-refractivity contribution < 1.29 is 18.8 Å². The molecule has 7 nitrogen and oxygen atoms in total. The van der Waals surface area contributed by atoms with Gasteiger partial charge in [-0.15, -0.1) is 0 Å². The second-order valence-corrected chi connectivity index (χ2v) is 4.38. The Morgan fingerprint density at radius 2 is 2.19 bits per heavy atom. The van der Waals surface area contributed by atoms with Crippen LogP contribution < -0.4 is 16.4 Å². The van der Waals surface area contributed by atoms with Crippen LogP contribution in [0.4, 0.5) is 0 Å². The summed E-state index contributed by atoms with van der Waals surface area (Å²) in [5.74, 6) is -0.958. The van der Waals surface area contributed by atoms with Gasteiger partial charge < -0.3 is 20.8 Å². The zero-order chi connectivity index (χ0) is 15.7. The molecular weight excluding hydrogens is 274 g/mol. The Balaban J connectivity index is 2.35. The van der Waals surface area contributed by atoms with Gasteiger partial charge in [-0.2, -0.15) is 0 Å². The summed E-state index contributed by atoms with van der Waals surface area (Å²) in [6.07, 6.45) is 5.41. The maximum absolute atomic E-state index is 11.6. The molecule has 7 heteroatoms. The third-order valence-electron chi connectivity index (χ3n) is 2.62. The van der Waals surface area contributed by atoms with Gasteiger partial charge >= 0.3 is 0 Å². The summed E-state index contributed by atoms with van der Waals surface area (Å²) in [5.41, 5.74) is 5.17. The van der Waals surface area contributed by atoms with Gasteiger partial charge in [-0.3, -0.25) is 14.4 Å². The summed E-state index contributed by atoms with van der Waals surface area (Å²) in [4.78, 5) is 34.2. The van der Waals surface area contributed by atoms with Gasteiger partial charge in [0, 0.05) is 6.08 Å². The van der Waals surface area contributed by atoms with Crippen molar-refractivity contribution in [2.24, 2.45) is 5.73 Å². The van der Waals surface area contributed by atoms with E-state index in [1.54, 1.807) is 12.1 Å². The fraction of sp³-hybridized carbons (Fsp3) is 0.357. The summed E-state index contributed by atoms with van der Waals surface area (Å²) in [6, 6.07) is 2.68. The third-order valence-corrected chi connectivity index (χ3v) is 2.62. The lowest BCUT2D eigenvalue weighted by molar-refractivity contribution is -0.128. The molecule has 0 fully saturated rings. The van der Waals surface area contributed by atoms with Crippen molar-refractivity contribution in [3.8, 4) is 0 Å². The number of rotatable bonds is 8. The Labute approximate surface area is 122 Å². The van der Waals surface area contributed by atoms with E-state index in [9.17, 15) is 14.4 Å². The molecule has 0 saturated heterocycles. The predicted octanol–water partition coefficient (Wildman–Crippen LogP) is 0.179. The molecule has 3 amide bonds. The Morgan fingerprint density at radius 1 is 1.43 bits per heavy atom. The van der Waals surface area contributed by atoms with Crippen LogP contribution in [0.1, 0.15) is 25.5 Å². The predicted molar refractivity (Wildman–Crippen MR) is 76.8 cm³/mol. The van der Waals surface area contributed by atoms with Crippen molar-refractivity contribution >= 4 is 23.8 Å². The quantitative estimate of drug-likeness (QED) is 0.593. The summed E-state index contributed by atoms with van der Waals surface area (Å²) in [5, 5.41) is 4.87. The van der Waals surface area contributed by atoms with Crippen molar-refractivity contribution in [3.63, 3.8) is 0 Å². The van der Waals surface area contributed by atoms with Crippen molar-refractivity contribution in [1.82, 2.24) is 10.6 Å². The fourth-order valence-electron chi connectivity index (χ4n) is 1.59. The first-order valence-electron chi connectivity index (χ1n) is 6.61. The number of amides is 3. The molecule has 0 aliphatic carbocycles. The van der Waals surface area contributed by atoms with Crippen LogP contribution in [0.3, 0.4) is 0 Å². The molecule has 0 aliphatic rings. The van der Waals surface area contributed by atoms with Crippen LogP contribution in [-0.2, 0) is 14.4 Å². The van der Waals surface area contributed by atoms with Gasteiger partial charge in [-0.1, -0.05) is 13.3 Å². The van der Waals surface area contributed by atoms with E-state index in [-0.39, 0.29) is 6.54 Å². The van der Waals surface area contributed by atoms with E-state index in [4.69, 9.17) is 10.2 Å². The van der Waals surface area contributed by atoms with E-state index in [2.05, 4.69) is 10.6 Å². The molecule has 4 N–H and O–H groups in total. The van der Waals surface area contributed by atoms with E-state index in [1.165, 1.54) is 18.4 Å². The second kappa shape index (κ2) is 8.57. The maximum atomic E-state index is 11.6. The van der Waals surface area contributed by atoms with Crippen molar-refractivity contribution in [3.05, 3.63) is 30.2 Å². The number of carbonyl (C=O) groups is 3. The first-order chi connectivity index (χ1) is 10.0. The first kappa shape index (κ1) is 16.5. The molecule has 1 heterocycles. The molecule has 0 aromatic carbocycles. The topological polar surface area (TPSA) is 114 Å². The molecule has 114 valence electrons. The van der Waals surface area contributed by atoms with Gasteiger partial charge in [0.1, 0.15) is 11.8 Å². The van der Waals surface area contributed by atoms with Gasteiger partial charge in [0.15, 0.2) is 0 Å². The summed E-state index contributed by atoms with van der Waals surface area (Å²) in [7, 11) is 0. The van der Waals surface area contributed by atoms with E-state index in [0.29, 0.717) is 18.6 Å². The van der Waals surface area contributed by atoms with Gasteiger partial charge in [-0.05, 0) is 24.6 Å². The number of carbonyl (C=O) groups excluding carboxylic acids is 3. The van der Waals surface area contributed by atoms with E-state index in [1.807, 2.05) is 6.92 Å². The van der Waals surface area contributed by atoms with Gasteiger partial charge in [-0.25, -0.2) is 0 Å². The van der Waals surface area contributed by atoms with Crippen LogP contribution in [0.25, 0.3) is 6.08 Å². The monoisotopic (exact) mass is 293 g/mol. The summed E-state index contributed by atoms with van der Waals surface area (Å²) in [6.45, 7) is 1.65. The molecule has 21 heavy (non-hydrogen) atoms. The lowest BCUT2D eigenvalue weighted by Crippen LogP contribution is -2.47. The third kappa shape index (κ3) is 6.42. The lowest BCUT2D eigenvalue weighted by Gasteiger charge is -2.14. The zero-order valence-corrected chi connectivity index (χ0v) is 11.8. The standard InChI is InChI=1S/C14H19N3O4/c1-2-4-11(14(15)20)17-13(19)9-16-12(18)7-6-10-5-3-8-21-10/h3,5-8,11H,2,4,9H2,1H3,(H2,15,20)(H,16,18)(H,17,19)/b7-6-/t11-/m1/s1. The number of nitrogens with two attached hydrogens (primary N) is 1. The summed E-state index contributed by atoms with van der Waals surface area (Å²) < 4.78 is 5.02. The van der Waals surface area contributed by atoms with Gasteiger partial charge in [0.05, 0.1) is 12.8 Å². The van der Waals surface area contributed by atoms with Crippen LogP contribution in [0.2, 0.25) is 0 Å². The molecule has 0 spiro atoms. The molecule has 0 saturated carbocycles. The molecule has 1 aromatic heterocycles. The largest absolute Gasteiger partial charge is 0.465 e. The highest BCUT2D eigenvalue weighted by Gasteiger charge is 2.16. The first-order valence-corrected chi connectivity index (χ1v) is 6.61. The van der Waals surface area contributed by atoms with Gasteiger partial charge in [0.2, 0.25) is 17.7 Å². The smallest absolute Gasteiger partial charge is 0.244 e. The van der Waals surface area contributed by atoms with Gasteiger partial charge in [0.25, 0.3) is 0 Å². The normalized spacial score (nSPS) is 12.0. The van der Waals surface area contributed by atoms with Crippen LogP contribution >= 0.6 is 0 Å². The molecule has 1 aromatic rings. The number of hydrogen-bond donors (Lipinski definition) is 3. The fourth-order valence-corrected chi connectivity index (χ4v) is 1.59. The SMILES string of the molecule is CCC[C@@H](NC(=O)CNC(=O)/C=C\c1ccco1)C(N)=O. The second-order valence-electron chi connectivity index (χ2n) is 4.38. The molecule has 0 radical (unpaired) electrons. The average Bonchev–Trinajstić information content (AvgIpc) is 2.95. The zero-order valence-electron chi connectivity index (χ0n) is 11.8. The highest BCUT2D eigenvalue weighted by Crippen LogP contribution is 2.01. The number of nitrogens with one attached hydrogen (secondary N) is 2. The van der Waals surface area contributed by atoms with Crippen molar-refractivity contribution in [2.45, 2.75) is 25.8 Å². The number of furan rings is 1. The van der Waals surface area contributed by atoms with E-state index >= 15 is 0 Å². The molecule has 0 aliphatic heterocycles. The van der Waals surface area contributed by atoms with Crippen molar-refractivity contribution in [2.75, 3.05) is 6.54 Å². The number of primary amides is 1. The van der Waals surface area contributed by atoms with Crippen LogP contribution in [0, 0.1) is 0 Å². The van der Waals surface area contributed by atoms with Crippen LogP contribution in [-0.4, -0.2) is 30.3 Å². The van der Waals surface area contributed by atoms with Crippen LogP contribution in [0.15, 0.2) is 28.9 Å². The van der Waals surface area contributed by atoms with Crippen molar-refractivity contribution in [1.29, 1.82) is 0 Å². The number of hydrogen-bond acceptors (Lipinski definition) is 4. The Kier molecular flexibility index (Phi) is 6.73. The molecule has 0 unspecified atom stereocenters. The Morgan fingerprint density at radius 3 is 2.76 bits per heavy atom. The van der Waals surface area contributed by atoms with E-state index in [0.717, 1.165) is 0 Å². The maximum Gasteiger partial charge on any atom is 0.244 e. The minimum Gasteiger partial charge on any atom is -0.465 e. The highest BCUT2D eigenvalue weighted by atomic mass is 16.3. The van der Waals surface area contributed by atoms with Crippen LogP contribution in [0.5, 0.6) is 0 Å². The average molecular weight is 293 g/mol. The Hall–Kier alpha value is -2.57. The van der Waals surface area contributed by atoms with E-state index < -0.39 is 23.8 Å². The molecular formula is C14H19N3O4. The lowest BCUT2D eigenvalue weighted by atomic mass is 10.1. The minimum absolute atomic E-state index is 0.227. The highest BCUT2D eigenvalue weighted by molar-refractivity contribution is 5.94. The summed E-state index contributed by atoms with van der Waals surface area (Å²) >= 11 is 0. The Bertz CT molecular complexity index is 508.